The molecule has 24 heavy (non-hydrogen) atoms. The van der Waals surface area contributed by atoms with Gasteiger partial charge in [-0.05, 0) is 12.8 Å². The van der Waals surface area contributed by atoms with E-state index in [-0.39, 0.29) is 42.3 Å². The Morgan fingerprint density at radius 1 is 1.33 bits per heavy atom. The van der Waals surface area contributed by atoms with E-state index in [4.69, 9.17) is 14.2 Å². The van der Waals surface area contributed by atoms with E-state index in [0.717, 1.165) is 30.8 Å². The zero-order valence-corrected chi connectivity index (χ0v) is 14.9. The van der Waals surface area contributed by atoms with Gasteiger partial charge in [0.2, 0.25) is 0 Å². The topological polar surface area (TPSA) is 82.1 Å². The molecule has 0 fully saturated rings. The molecule has 9 heteroatoms. The molecule has 6 nitrogen and oxygen atoms in total. The molecule has 0 saturated carbocycles. The molecule has 134 valence electrons. The third-order valence-corrected chi connectivity index (χ3v) is 5.76. The van der Waals surface area contributed by atoms with Crippen LogP contribution in [0.15, 0.2) is 10.8 Å². The maximum absolute atomic E-state index is 11.4. The Bertz CT molecular complexity index is 574. The quantitative estimate of drug-likeness (QED) is 0.377. The minimum absolute atomic E-state index is 0. The molecule has 1 N–H and O–H groups in total. The fourth-order valence-electron chi connectivity index (χ4n) is 2.44. The predicted molar refractivity (Wildman–Crippen MR) is 96.3 cm³/mol. The summed E-state index contributed by atoms with van der Waals surface area (Å²) in [5.41, 5.74) is 0. The van der Waals surface area contributed by atoms with E-state index >= 15 is 0 Å². The second-order valence-electron chi connectivity index (χ2n) is 5.65. The van der Waals surface area contributed by atoms with Crippen molar-refractivity contribution in [1.29, 1.82) is 0 Å². The molecule has 1 aliphatic heterocycles. The number of fused-ring (bicyclic) bond motifs is 1. The molecule has 1 aliphatic rings. The van der Waals surface area contributed by atoms with E-state index in [2.05, 4.69) is 6.92 Å². The zero-order chi connectivity index (χ0) is 16.7. The molecule has 0 amide bonds. The molecule has 2 atom stereocenters. The van der Waals surface area contributed by atoms with Crippen LogP contribution in [0.2, 0.25) is 0 Å². The molecule has 0 saturated heterocycles. The normalized spacial score (nSPS) is 18.0. The van der Waals surface area contributed by atoms with E-state index in [1.165, 1.54) is 11.3 Å². The first-order valence-corrected chi connectivity index (χ1v) is 10.3. The summed E-state index contributed by atoms with van der Waals surface area (Å²) in [5, 5.41) is 3.02. The van der Waals surface area contributed by atoms with Crippen LogP contribution < -0.4 is 9.47 Å². The fourth-order valence-corrected chi connectivity index (χ4v) is 3.97. The molecule has 0 aliphatic carbocycles. The van der Waals surface area contributed by atoms with Gasteiger partial charge in [0.05, 0.1) is 11.9 Å². The van der Waals surface area contributed by atoms with E-state index in [0.29, 0.717) is 26.1 Å². The van der Waals surface area contributed by atoms with Gasteiger partial charge in [0.1, 0.15) is 6.61 Å². The van der Waals surface area contributed by atoms with Gasteiger partial charge < -0.3 is 14.2 Å². The summed E-state index contributed by atoms with van der Waals surface area (Å²) in [6.45, 7) is 3.08. The summed E-state index contributed by atoms with van der Waals surface area (Å²) in [6, 6.07) is 0. The van der Waals surface area contributed by atoms with E-state index in [9.17, 15) is 13.0 Å². The molecule has 1 aromatic heterocycles. The molecule has 0 spiro atoms. The van der Waals surface area contributed by atoms with Crippen LogP contribution in [0.3, 0.4) is 0 Å². The Kier molecular flexibility index (Phi) is 10.2. The number of hydrogen-bond donors (Lipinski definition) is 1. The molecule has 2 rings (SSSR count). The van der Waals surface area contributed by atoms with Gasteiger partial charge in [-0.1, -0.05) is 26.2 Å². The van der Waals surface area contributed by atoms with Crippen molar-refractivity contribution >= 4 is 51.0 Å². The van der Waals surface area contributed by atoms with Crippen molar-refractivity contribution < 1.29 is 27.2 Å². The van der Waals surface area contributed by atoms with Crippen molar-refractivity contribution in [2.75, 3.05) is 19.8 Å². The van der Waals surface area contributed by atoms with Gasteiger partial charge in [-0.15, -0.1) is 11.3 Å². The standard InChI is InChI=1S/C15H24O6S2.Na.H/c1-2-3-4-5-13(23(16,17)18)6-7-19-8-12-9-20-14-10-22-11-15(14)21-12;;/h10-13H,2-9H2,1H3,(H,16,17,18);;. The van der Waals surface area contributed by atoms with Crippen LogP contribution in [-0.2, 0) is 14.9 Å². The molecular weight excluding hydrogens is 363 g/mol. The van der Waals surface area contributed by atoms with Gasteiger partial charge in [-0.2, -0.15) is 8.42 Å². The van der Waals surface area contributed by atoms with Gasteiger partial charge in [0, 0.05) is 17.4 Å². The number of hydrogen-bond acceptors (Lipinski definition) is 6. The SMILES string of the molecule is CCCCCC(CCOCC1COc2cscc2O1)S(=O)(=O)O.[NaH]. The number of ether oxygens (including phenoxy) is 3. The third kappa shape index (κ3) is 7.19. The monoisotopic (exact) mass is 388 g/mol. The maximum atomic E-state index is 11.4. The van der Waals surface area contributed by atoms with Crippen molar-refractivity contribution in [3.63, 3.8) is 0 Å². The van der Waals surface area contributed by atoms with E-state index in [1.54, 1.807) is 0 Å². The number of unbranched alkanes of at least 4 members (excludes halogenated alkanes) is 2. The van der Waals surface area contributed by atoms with Crippen molar-refractivity contribution in [1.82, 2.24) is 0 Å². The first-order chi connectivity index (χ1) is 11.0. The molecule has 2 heterocycles. The minimum atomic E-state index is -4.02. The van der Waals surface area contributed by atoms with Crippen molar-refractivity contribution in [3.05, 3.63) is 10.8 Å². The second kappa shape index (κ2) is 11.0. The second-order valence-corrected chi connectivity index (χ2v) is 8.09. The average molecular weight is 388 g/mol. The molecule has 1 aromatic rings. The summed E-state index contributed by atoms with van der Waals surface area (Å²) in [5.74, 6) is 1.49. The van der Waals surface area contributed by atoms with Gasteiger partial charge in [-0.3, -0.25) is 4.55 Å². The third-order valence-electron chi connectivity index (χ3n) is 3.75. The Morgan fingerprint density at radius 3 is 2.79 bits per heavy atom. The molecular formula is C15H25NaO6S2. The summed E-state index contributed by atoms with van der Waals surface area (Å²) < 4.78 is 48.8. The Morgan fingerprint density at radius 2 is 2.08 bits per heavy atom. The van der Waals surface area contributed by atoms with Gasteiger partial charge in [0.15, 0.2) is 17.6 Å². The van der Waals surface area contributed by atoms with Gasteiger partial charge in [0.25, 0.3) is 10.1 Å². The molecule has 0 aromatic carbocycles. The van der Waals surface area contributed by atoms with Crippen LogP contribution >= 0.6 is 11.3 Å². The summed E-state index contributed by atoms with van der Waals surface area (Å²) >= 11 is 1.52. The van der Waals surface area contributed by atoms with Crippen LogP contribution in [0.1, 0.15) is 39.0 Å². The van der Waals surface area contributed by atoms with Crippen LogP contribution in [0.25, 0.3) is 0 Å². The van der Waals surface area contributed by atoms with Crippen LogP contribution in [0.5, 0.6) is 11.5 Å². The average Bonchev–Trinajstić information content (AvgIpc) is 2.96. The number of rotatable bonds is 10. The Hall–Kier alpha value is 0.170. The van der Waals surface area contributed by atoms with Crippen molar-refractivity contribution in [2.45, 2.75) is 50.4 Å². The molecule has 0 radical (unpaired) electrons. The summed E-state index contributed by atoms with van der Waals surface area (Å²) in [4.78, 5) is 0. The Labute approximate surface area is 169 Å². The van der Waals surface area contributed by atoms with Crippen LogP contribution in [0.4, 0.5) is 0 Å². The summed E-state index contributed by atoms with van der Waals surface area (Å²) in [7, 11) is -4.02. The van der Waals surface area contributed by atoms with Gasteiger partial charge >= 0.3 is 29.6 Å². The van der Waals surface area contributed by atoms with Crippen molar-refractivity contribution in [2.24, 2.45) is 0 Å². The fraction of sp³-hybridized carbons (Fsp3) is 0.733. The number of thiophene rings is 1. The zero-order valence-electron chi connectivity index (χ0n) is 13.3. The molecule has 0 bridgehead atoms. The van der Waals surface area contributed by atoms with Gasteiger partial charge in [-0.25, -0.2) is 0 Å². The molecule has 2 unspecified atom stereocenters. The first-order valence-electron chi connectivity index (χ1n) is 7.90. The van der Waals surface area contributed by atoms with Crippen molar-refractivity contribution in [3.8, 4) is 11.5 Å². The predicted octanol–water partition coefficient (Wildman–Crippen LogP) is 2.48. The Balaban J connectivity index is 0.00000288. The van der Waals surface area contributed by atoms with Crippen LogP contribution in [0, 0.1) is 0 Å². The van der Waals surface area contributed by atoms with E-state index in [1.807, 2.05) is 10.8 Å². The first kappa shape index (κ1) is 22.2. The van der Waals surface area contributed by atoms with Crippen LogP contribution in [-0.4, -0.2) is 73.7 Å². The summed E-state index contributed by atoms with van der Waals surface area (Å²) in [6.07, 6.45) is 3.33. The van der Waals surface area contributed by atoms with E-state index < -0.39 is 15.4 Å².